The van der Waals surface area contributed by atoms with Crippen LogP contribution in [0.1, 0.15) is 20.3 Å². The lowest BCUT2D eigenvalue weighted by Gasteiger charge is -2.46. The van der Waals surface area contributed by atoms with Crippen LogP contribution in [0.2, 0.25) is 0 Å². The van der Waals surface area contributed by atoms with Crippen molar-refractivity contribution in [1.29, 1.82) is 0 Å². The van der Waals surface area contributed by atoms with E-state index in [0.29, 0.717) is 6.54 Å². The third kappa shape index (κ3) is 2.50. The molecule has 0 aromatic rings. The second-order valence-corrected chi connectivity index (χ2v) is 6.91. The molecule has 132 valence electrons. The minimum absolute atomic E-state index is 0.0783. The Kier molecular flexibility index (Phi) is 4.35. The summed E-state index contributed by atoms with van der Waals surface area (Å²) in [5, 5.41) is 19.4. The van der Waals surface area contributed by atoms with Gasteiger partial charge in [0.25, 0.3) is 0 Å². The average Bonchev–Trinajstić information content (AvgIpc) is 3.02. The van der Waals surface area contributed by atoms with Crippen molar-refractivity contribution in [2.24, 2.45) is 22.6 Å². The molecule has 1 amide bonds. The summed E-state index contributed by atoms with van der Waals surface area (Å²) in [7, 11) is 0. The van der Waals surface area contributed by atoms with Gasteiger partial charge < -0.3 is 20.8 Å². The number of carbonyl (C=O) groups excluding carboxylic acids is 1. The highest BCUT2D eigenvalue weighted by molar-refractivity contribution is 6.00. The number of amides is 1. The van der Waals surface area contributed by atoms with Crippen molar-refractivity contribution in [3.63, 3.8) is 0 Å². The van der Waals surface area contributed by atoms with Gasteiger partial charge in [0.1, 0.15) is 5.70 Å². The second-order valence-electron chi connectivity index (χ2n) is 6.91. The number of aliphatic hydroxyl groups excluding tert-OH is 1. The molecule has 0 saturated carbocycles. The van der Waals surface area contributed by atoms with Gasteiger partial charge in [0.2, 0.25) is 5.91 Å². The van der Waals surface area contributed by atoms with Crippen molar-refractivity contribution in [2.75, 3.05) is 19.6 Å². The molecule has 4 N–H and O–H groups in total. The van der Waals surface area contributed by atoms with Gasteiger partial charge in [-0.3, -0.25) is 14.7 Å². The zero-order valence-electron chi connectivity index (χ0n) is 13.9. The van der Waals surface area contributed by atoms with E-state index in [2.05, 4.69) is 9.89 Å². The van der Waals surface area contributed by atoms with Crippen molar-refractivity contribution in [1.82, 2.24) is 9.80 Å². The molecule has 0 aromatic carbocycles. The van der Waals surface area contributed by atoms with Crippen LogP contribution in [0.4, 0.5) is 0 Å². The molecular weight excluding hydrogens is 312 g/mol. The number of nitrogens with two attached hydrogens (primary N) is 1. The molecule has 0 radical (unpaired) electrons. The van der Waals surface area contributed by atoms with E-state index in [4.69, 9.17) is 5.73 Å². The number of aliphatic hydroxyl groups is 1. The Hall–Kier alpha value is -1.93. The molecule has 5 atom stereocenters. The molecular formula is C16H24N4O4. The van der Waals surface area contributed by atoms with Crippen LogP contribution in [0.5, 0.6) is 0 Å². The van der Waals surface area contributed by atoms with Crippen molar-refractivity contribution in [3.05, 3.63) is 11.3 Å². The number of aliphatic imine (C=N–C) groups is 1. The standard InChI is InChI=1S/C16H24N4O4/c1-8-11(6-19-4-3-10(5-19)18-7-17)14(16(23)24)20-13(8)12(9(2)21)15(20)22/h7-10,12-13,21H,3-6H2,1-2H3,(H2,17,18)(H,23,24). The predicted octanol–water partition coefficient (Wildman–Crippen LogP) is -0.756. The maximum atomic E-state index is 12.3. The number of hydrogen-bond donors (Lipinski definition) is 3. The number of aliphatic carboxylic acids is 1. The third-order valence-electron chi connectivity index (χ3n) is 5.46. The molecule has 3 rings (SSSR count). The van der Waals surface area contributed by atoms with Crippen LogP contribution in [0.3, 0.4) is 0 Å². The van der Waals surface area contributed by atoms with Crippen molar-refractivity contribution in [3.8, 4) is 0 Å². The predicted molar refractivity (Wildman–Crippen MR) is 87.2 cm³/mol. The summed E-state index contributed by atoms with van der Waals surface area (Å²) in [6.45, 7) is 5.59. The summed E-state index contributed by atoms with van der Waals surface area (Å²) >= 11 is 0. The molecule has 3 aliphatic heterocycles. The van der Waals surface area contributed by atoms with E-state index in [1.807, 2.05) is 6.92 Å². The van der Waals surface area contributed by atoms with E-state index in [1.165, 1.54) is 11.2 Å². The van der Waals surface area contributed by atoms with Crippen molar-refractivity contribution in [2.45, 2.75) is 38.5 Å². The van der Waals surface area contributed by atoms with Crippen molar-refractivity contribution < 1.29 is 19.8 Å². The molecule has 0 aliphatic carbocycles. The van der Waals surface area contributed by atoms with Gasteiger partial charge in [-0.25, -0.2) is 4.79 Å². The first-order chi connectivity index (χ1) is 11.4. The van der Waals surface area contributed by atoms with Gasteiger partial charge in [-0.15, -0.1) is 0 Å². The summed E-state index contributed by atoms with van der Waals surface area (Å²) in [6.07, 6.45) is 1.43. The lowest BCUT2D eigenvalue weighted by Crippen LogP contribution is -2.63. The van der Waals surface area contributed by atoms with Gasteiger partial charge in [-0.1, -0.05) is 6.92 Å². The van der Waals surface area contributed by atoms with Crippen LogP contribution in [0.25, 0.3) is 0 Å². The fraction of sp³-hybridized carbons (Fsp3) is 0.688. The zero-order valence-corrected chi connectivity index (χ0v) is 13.9. The van der Waals surface area contributed by atoms with E-state index in [1.54, 1.807) is 6.92 Å². The number of nitrogens with zero attached hydrogens (tertiary/aromatic N) is 3. The fourth-order valence-corrected chi connectivity index (χ4v) is 4.29. The number of β-lactam (4-membered cyclic amide) rings is 1. The smallest absolute Gasteiger partial charge is 0.352 e. The van der Waals surface area contributed by atoms with E-state index in [9.17, 15) is 19.8 Å². The topological polar surface area (TPSA) is 119 Å². The first kappa shape index (κ1) is 16.9. The largest absolute Gasteiger partial charge is 0.477 e. The third-order valence-corrected chi connectivity index (χ3v) is 5.46. The molecule has 2 fully saturated rings. The zero-order chi connectivity index (χ0) is 17.6. The van der Waals surface area contributed by atoms with Crippen molar-refractivity contribution >= 4 is 18.2 Å². The Balaban J connectivity index is 1.81. The molecule has 0 spiro atoms. The molecule has 24 heavy (non-hydrogen) atoms. The first-order valence-corrected chi connectivity index (χ1v) is 8.30. The van der Waals surface area contributed by atoms with E-state index in [-0.39, 0.29) is 29.6 Å². The number of carbonyl (C=O) groups is 2. The molecule has 8 nitrogen and oxygen atoms in total. The molecule has 3 aliphatic rings. The Morgan fingerprint density at radius 3 is 2.83 bits per heavy atom. The van der Waals surface area contributed by atoms with E-state index < -0.39 is 18.0 Å². The minimum Gasteiger partial charge on any atom is -0.477 e. The Labute approximate surface area is 140 Å². The average molecular weight is 336 g/mol. The molecule has 2 saturated heterocycles. The molecule has 5 unspecified atom stereocenters. The normalized spacial score (nSPS) is 34.8. The SMILES string of the molecule is CC(O)C1C(=O)N2C(C(=O)O)=C(CN3CCC(N=CN)C3)C(C)C12. The highest BCUT2D eigenvalue weighted by Gasteiger charge is 2.59. The lowest BCUT2D eigenvalue weighted by atomic mass is 9.77. The van der Waals surface area contributed by atoms with Crippen LogP contribution >= 0.6 is 0 Å². The number of likely N-dealkylation sites (tertiary alicyclic amines) is 1. The molecule has 0 bridgehead atoms. The molecule has 3 heterocycles. The lowest BCUT2D eigenvalue weighted by molar-refractivity contribution is -0.163. The molecule has 8 heteroatoms. The Morgan fingerprint density at radius 1 is 1.54 bits per heavy atom. The number of rotatable bonds is 5. The highest BCUT2D eigenvalue weighted by Crippen LogP contribution is 2.47. The Morgan fingerprint density at radius 2 is 2.25 bits per heavy atom. The quantitative estimate of drug-likeness (QED) is 0.345. The van der Waals surface area contributed by atoms with Gasteiger partial charge >= 0.3 is 5.97 Å². The maximum Gasteiger partial charge on any atom is 0.352 e. The number of fused-ring (bicyclic) bond motifs is 1. The van der Waals surface area contributed by atoms with Crippen LogP contribution in [-0.4, -0.2) is 76.0 Å². The van der Waals surface area contributed by atoms with Crippen LogP contribution in [0, 0.1) is 11.8 Å². The van der Waals surface area contributed by atoms with Crippen LogP contribution in [0.15, 0.2) is 16.3 Å². The van der Waals surface area contributed by atoms with Gasteiger partial charge in [-0.05, 0) is 18.9 Å². The fourth-order valence-electron chi connectivity index (χ4n) is 4.29. The highest BCUT2D eigenvalue weighted by atomic mass is 16.4. The number of carboxylic acid groups (broad SMARTS) is 1. The van der Waals surface area contributed by atoms with Crippen LogP contribution in [-0.2, 0) is 9.59 Å². The minimum atomic E-state index is -1.08. The van der Waals surface area contributed by atoms with E-state index in [0.717, 1.165) is 25.1 Å². The van der Waals surface area contributed by atoms with Gasteiger partial charge in [0.05, 0.1) is 30.4 Å². The van der Waals surface area contributed by atoms with Gasteiger partial charge in [-0.2, -0.15) is 0 Å². The van der Waals surface area contributed by atoms with E-state index >= 15 is 0 Å². The van der Waals surface area contributed by atoms with Gasteiger partial charge in [0, 0.05) is 25.6 Å². The summed E-state index contributed by atoms with van der Waals surface area (Å²) in [5.41, 5.74) is 6.20. The number of hydrogen-bond acceptors (Lipinski definition) is 5. The van der Waals surface area contributed by atoms with Gasteiger partial charge in [0.15, 0.2) is 0 Å². The number of carboxylic acids is 1. The summed E-state index contributed by atoms with van der Waals surface area (Å²) in [5.74, 6) is -1.96. The monoisotopic (exact) mass is 336 g/mol. The maximum absolute atomic E-state index is 12.3. The molecule has 0 aromatic heterocycles. The summed E-state index contributed by atoms with van der Waals surface area (Å²) in [6, 6.07) is -0.108. The second kappa shape index (κ2) is 6.18. The van der Waals surface area contributed by atoms with Crippen LogP contribution < -0.4 is 5.73 Å². The first-order valence-electron chi connectivity index (χ1n) is 8.30. The Bertz CT molecular complexity index is 615. The summed E-state index contributed by atoms with van der Waals surface area (Å²) in [4.78, 5) is 31.7. The summed E-state index contributed by atoms with van der Waals surface area (Å²) < 4.78 is 0.